The SMILES string of the molecule is C[C@H](NP(=O)(OPOP(=O)(O)OC[C@@H]1CC[C@H](n2cnc3c(N)nc(Cl)nc32)O1)Oc1ccccc1)C(=O)OCc1ccccc1. The van der Waals surface area contributed by atoms with E-state index in [9.17, 15) is 18.8 Å². The number of nitrogens with zero attached hydrogens (tertiary/aromatic N) is 4. The molecule has 5 rings (SSSR count). The number of ether oxygens (including phenoxy) is 2. The Balaban J connectivity index is 1.13. The Bertz CT molecular complexity index is 1740. The Hall–Kier alpha value is -3.00. The fourth-order valence-corrected chi connectivity index (χ4v) is 7.62. The standard InChI is InChI=1S/C26H30ClN6O10P3/c1-17(25(34)38-14-18-8-4-2-5-9-18)32-45(35,41-19-10-6-3-7-11-19)42-44-43-46(36,37)39-15-20-12-13-21(40-20)33-16-29-22-23(28)30-26(27)31-24(22)33/h2-11,16-17,20-21,44H,12-15H2,1H3,(H,32,35)(H,36,37)(H2,28,30,31)/t17-,20-,21+,45?/m0/s1. The quantitative estimate of drug-likeness (QED) is 0.0810. The molecular weight excluding hydrogens is 685 g/mol. The maximum atomic E-state index is 13.6. The number of anilines is 1. The number of imidazole rings is 1. The highest BCUT2D eigenvalue weighted by molar-refractivity contribution is 7.61. The number of esters is 1. The zero-order chi connectivity index (χ0) is 32.7. The molecular formula is C26H30ClN6O10P3. The normalized spacial score (nSPS) is 20.0. The van der Waals surface area contributed by atoms with Gasteiger partial charge in [-0.3, -0.25) is 13.9 Å². The van der Waals surface area contributed by atoms with E-state index in [1.165, 1.54) is 25.4 Å². The monoisotopic (exact) mass is 714 g/mol. The van der Waals surface area contributed by atoms with E-state index in [4.69, 9.17) is 44.5 Å². The Morgan fingerprint density at radius 1 is 1.15 bits per heavy atom. The predicted octanol–water partition coefficient (Wildman–Crippen LogP) is 5.31. The second-order valence-corrected chi connectivity index (χ2v) is 14.5. The molecule has 1 fully saturated rings. The van der Waals surface area contributed by atoms with Crippen LogP contribution in [0.5, 0.6) is 5.75 Å². The summed E-state index contributed by atoms with van der Waals surface area (Å²) in [5, 5.41) is 2.43. The van der Waals surface area contributed by atoms with Gasteiger partial charge in [-0.25, -0.2) is 22.7 Å². The number of hydrogen-bond donors (Lipinski definition) is 3. The van der Waals surface area contributed by atoms with E-state index >= 15 is 0 Å². The van der Waals surface area contributed by atoms with Gasteiger partial charge in [-0.2, -0.15) is 15.1 Å². The molecule has 2 aromatic heterocycles. The fraction of sp³-hybridized carbons (Fsp3) is 0.308. The number of nitrogens with one attached hydrogen (secondary N) is 1. The van der Waals surface area contributed by atoms with Gasteiger partial charge in [0.05, 0.1) is 19.0 Å². The zero-order valence-electron chi connectivity index (χ0n) is 24.2. The zero-order valence-corrected chi connectivity index (χ0v) is 27.7. The summed E-state index contributed by atoms with van der Waals surface area (Å²) in [7, 11) is -10.3. The summed E-state index contributed by atoms with van der Waals surface area (Å²) in [6, 6.07) is 15.9. The van der Waals surface area contributed by atoms with Crippen molar-refractivity contribution in [1.29, 1.82) is 0 Å². The van der Waals surface area contributed by atoms with Crippen LogP contribution in [0.1, 0.15) is 31.6 Å². The molecule has 3 heterocycles. The molecule has 6 atom stereocenters. The van der Waals surface area contributed by atoms with Crippen molar-refractivity contribution in [2.24, 2.45) is 0 Å². The fourth-order valence-electron chi connectivity index (χ4n) is 4.29. The van der Waals surface area contributed by atoms with Crippen LogP contribution in [0, 0.1) is 0 Å². The summed E-state index contributed by atoms with van der Waals surface area (Å²) in [6.07, 6.45) is 1.38. The first kappa shape index (κ1) is 34.3. The molecule has 2 aromatic carbocycles. The van der Waals surface area contributed by atoms with E-state index in [0.717, 1.165) is 5.56 Å². The highest BCUT2D eigenvalue weighted by Gasteiger charge is 2.35. The molecule has 46 heavy (non-hydrogen) atoms. The molecule has 1 aliphatic heterocycles. The number of carbonyl (C=O) groups excluding carboxylic acids is 1. The first-order chi connectivity index (χ1) is 22.0. The van der Waals surface area contributed by atoms with Crippen LogP contribution in [0.2, 0.25) is 5.28 Å². The number of carbonyl (C=O) groups is 1. The molecule has 246 valence electrons. The summed E-state index contributed by atoms with van der Waals surface area (Å²) in [5.74, 6) is -0.465. The molecule has 16 nitrogen and oxygen atoms in total. The summed E-state index contributed by atoms with van der Waals surface area (Å²) in [5.41, 5.74) is 7.37. The Morgan fingerprint density at radius 2 is 1.87 bits per heavy atom. The van der Waals surface area contributed by atoms with Crippen LogP contribution >= 0.6 is 36.2 Å². The topological polar surface area (TPSA) is 208 Å². The van der Waals surface area contributed by atoms with Crippen molar-refractivity contribution in [3.63, 3.8) is 0 Å². The number of halogens is 1. The second-order valence-electron chi connectivity index (χ2n) is 9.87. The Labute approximate surface area is 270 Å². The lowest BCUT2D eigenvalue weighted by Crippen LogP contribution is -2.34. The molecule has 4 N–H and O–H groups in total. The molecule has 4 aromatic rings. The average Bonchev–Trinajstić information content (AvgIpc) is 3.67. The number of para-hydroxylation sites is 1. The van der Waals surface area contributed by atoms with Gasteiger partial charge in [-0.1, -0.05) is 48.5 Å². The van der Waals surface area contributed by atoms with Crippen LogP contribution < -0.4 is 15.3 Å². The van der Waals surface area contributed by atoms with E-state index in [2.05, 4.69) is 20.0 Å². The third-order valence-electron chi connectivity index (χ3n) is 6.45. The van der Waals surface area contributed by atoms with Gasteiger partial charge in [-0.05, 0) is 49.1 Å². The molecule has 0 saturated carbocycles. The molecule has 0 radical (unpaired) electrons. The van der Waals surface area contributed by atoms with E-state index in [-0.39, 0.29) is 30.1 Å². The largest absolute Gasteiger partial charge is 0.477 e. The van der Waals surface area contributed by atoms with Gasteiger partial charge in [0.1, 0.15) is 30.1 Å². The van der Waals surface area contributed by atoms with Crippen LogP contribution in [-0.4, -0.2) is 49.1 Å². The number of phosphoric acid groups is 1. The third kappa shape index (κ3) is 9.30. The van der Waals surface area contributed by atoms with Crippen molar-refractivity contribution in [2.75, 3.05) is 12.3 Å². The molecule has 0 spiro atoms. The summed E-state index contributed by atoms with van der Waals surface area (Å²) >= 11 is 5.93. The van der Waals surface area contributed by atoms with Crippen molar-refractivity contribution in [3.05, 3.63) is 77.8 Å². The number of fused-ring (bicyclic) bond motifs is 1. The van der Waals surface area contributed by atoms with Gasteiger partial charge in [0.25, 0.3) is 0 Å². The van der Waals surface area contributed by atoms with Gasteiger partial charge >= 0.3 is 21.5 Å². The van der Waals surface area contributed by atoms with Crippen molar-refractivity contribution < 1.29 is 46.0 Å². The molecule has 0 aliphatic carbocycles. The lowest BCUT2D eigenvalue weighted by Gasteiger charge is -2.23. The van der Waals surface area contributed by atoms with Crippen molar-refractivity contribution in [2.45, 2.75) is 44.7 Å². The maximum absolute atomic E-state index is 13.6. The number of nitrogen functional groups attached to an aromatic ring is 1. The predicted molar refractivity (Wildman–Crippen MR) is 168 cm³/mol. The van der Waals surface area contributed by atoms with E-state index in [0.29, 0.717) is 24.0 Å². The Kier molecular flexibility index (Phi) is 11.4. The average molecular weight is 715 g/mol. The molecule has 1 saturated heterocycles. The number of nitrogens with two attached hydrogens (primary N) is 1. The third-order valence-corrected chi connectivity index (χ3v) is 10.7. The number of benzene rings is 2. The molecule has 0 amide bonds. The lowest BCUT2D eigenvalue weighted by atomic mass is 10.2. The summed E-state index contributed by atoms with van der Waals surface area (Å²) < 4.78 is 59.9. The van der Waals surface area contributed by atoms with Crippen LogP contribution in [0.4, 0.5) is 5.82 Å². The minimum atomic E-state index is -4.71. The van der Waals surface area contributed by atoms with Crippen molar-refractivity contribution in [1.82, 2.24) is 24.6 Å². The smallest absolute Gasteiger partial charge is 0.460 e. The van der Waals surface area contributed by atoms with Gasteiger partial charge in [-0.15, -0.1) is 0 Å². The first-order valence-corrected chi connectivity index (χ1v) is 18.0. The lowest BCUT2D eigenvalue weighted by molar-refractivity contribution is -0.146. The highest BCUT2D eigenvalue weighted by Crippen LogP contribution is 2.57. The Morgan fingerprint density at radius 3 is 2.61 bits per heavy atom. The van der Waals surface area contributed by atoms with Crippen LogP contribution in [0.25, 0.3) is 11.2 Å². The number of aromatic nitrogens is 4. The van der Waals surface area contributed by atoms with Crippen molar-refractivity contribution >= 4 is 59.2 Å². The molecule has 0 bridgehead atoms. The number of hydrogen-bond acceptors (Lipinski definition) is 13. The molecule has 3 unspecified atom stereocenters. The number of phosphoric ester groups is 1. The van der Waals surface area contributed by atoms with Gasteiger partial charge in [0, 0.05) is 0 Å². The van der Waals surface area contributed by atoms with Gasteiger partial charge < -0.3 is 24.6 Å². The van der Waals surface area contributed by atoms with Crippen LogP contribution in [0.3, 0.4) is 0 Å². The molecule has 1 aliphatic rings. The second kappa shape index (κ2) is 15.3. The summed E-state index contributed by atoms with van der Waals surface area (Å²) in [4.78, 5) is 35.1. The molecule has 20 heteroatoms. The first-order valence-electron chi connectivity index (χ1n) is 13.7. The maximum Gasteiger partial charge on any atom is 0.477 e. The number of rotatable bonds is 15. The minimum Gasteiger partial charge on any atom is -0.460 e. The van der Waals surface area contributed by atoms with E-state index in [1.807, 2.05) is 6.07 Å². The van der Waals surface area contributed by atoms with E-state index in [1.54, 1.807) is 47.0 Å². The van der Waals surface area contributed by atoms with Crippen molar-refractivity contribution in [3.8, 4) is 5.75 Å². The summed E-state index contributed by atoms with van der Waals surface area (Å²) in [6.45, 7) is 1.09. The van der Waals surface area contributed by atoms with Crippen LogP contribution in [-0.2, 0) is 43.2 Å². The minimum absolute atomic E-state index is 0.00595. The van der Waals surface area contributed by atoms with Gasteiger partial charge in [0.2, 0.25) is 5.28 Å². The highest BCUT2D eigenvalue weighted by atomic mass is 35.5. The van der Waals surface area contributed by atoms with E-state index < -0.39 is 48.9 Å². The van der Waals surface area contributed by atoms with Crippen LogP contribution in [0.15, 0.2) is 67.0 Å². The van der Waals surface area contributed by atoms with Gasteiger partial charge in [0.15, 0.2) is 20.5 Å².